The van der Waals surface area contributed by atoms with Gasteiger partial charge in [0.1, 0.15) is 5.01 Å². The van der Waals surface area contributed by atoms with Crippen LogP contribution in [0.5, 0.6) is 0 Å². The summed E-state index contributed by atoms with van der Waals surface area (Å²) in [5, 5.41) is 5.44. The van der Waals surface area contributed by atoms with Gasteiger partial charge in [0, 0.05) is 24.0 Å². The van der Waals surface area contributed by atoms with Gasteiger partial charge in [-0.3, -0.25) is 9.59 Å². The fourth-order valence-corrected chi connectivity index (χ4v) is 2.33. The zero-order chi connectivity index (χ0) is 11.5. The van der Waals surface area contributed by atoms with Gasteiger partial charge in [0.25, 0.3) is 0 Å². The van der Waals surface area contributed by atoms with Crippen LogP contribution in [0.1, 0.15) is 17.1 Å². The van der Waals surface area contributed by atoms with Gasteiger partial charge in [-0.2, -0.15) is 0 Å². The highest BCUT2D eigenvalue weighted by molar-refractivity contribution is 7.09. The Bertz CT molecular complexity index is 416. The minimum atomic E-state index is -0.0637. The number of carbonyl (C=O) groups excluding carboxylic acids is 2. The van der Waals surface area contributed by atoms with Gasteiger partial charge >= 0.3 is 0 Å². The predicted molar refractivity (Wildman–Crippen MR) is 59.9 cm³/mol. The fraction of sp³-hybridized carbons (Fsp3) is 0.500. The smallest absolute Gasteiger partial charge is 0.242 e. The molecule has 1 fully saturated rings. The summed E-state index contributed by atoms with van der Waals surface area (Å²) < 4.78 is 0. The van der Waals surface area contributed by atoms with Crippen LogP contribution in [0.2, 0.25) is 0 Å². The molecule has 1 aliphatic rings. The van der Waals surface area contributed by atoms with E-state index in [0.29, 0.717) is 19.5 Å². The molecular formula is C10H13N3O2S. The number of aryl methyl sites for hydroxylation is 1. The Labute approximate surface area is 97.5 Å². The van der Waals surface area contributed by atoms with Crippen LogP contribution in [-0.2, 0) is 16.1 Å². The van der Waals surface area contributed by atoms with Crippen LogP contribution in [0.4, 0.5) is 0 Å². The van der Waals surface area contributed by atoms with Crippen molar-refractivity contribution < 1.29 is 9.59 Å². The van der Waals surface area contributed by atoms with Crippen molar-refractivity contribution in [1.82, 2.24) is 15.2 Å². The molecule has 2 amide bonds. The lowest BCUT2D eigenvalue weighted by Crippen LogP contribution is -2.34. The SMILES string of the molecule is Cc1csc(CN2CCC(=O)NCC2=O)n1. The normalized spacial score (nSPS) is 17.2. The van der Waals surface area contributed by atoms with Crippen molar-refractivity contribution in [2.75, 3.05) is 13.1 Å². The first-order valence-corrected chi connectivity index (χ1v) is 5.98. The lowest BCUT2D eigenvalue weighted by Gasteiger charge is -2.17. The van der Waals surface area contributed by atoms with E-state index < -0.39 is 0 Å². The first-order chi connectivity index (χ1) is 7.65. The molecular weight excluding hydrogens is 226 g/mol. The molecule has 0 spiro atoms. The van der Waals surface area contributed by atoms with Crippen molar-refractivity contribution in [3.8, 4) is 0 Å². The van der Waals surface area contributed by atoms with Crippen LogP contribution in [-0.4, -0.2) is 34.8 Å². The second-order valence-corrected chi connectivity index (χ2v) is 4.67. The van der Waals surface area contributed by atoms with Crippen LogP contribution in [0.25, 0.3) is 0 Å². The molecule has 1 saturated heterocycles. The number of aromatic nitrogens is 1. The third-order valence-corrected chi connectivity index (χ3v) is 3.34. The highest BCUT2D eigenvalue weighted by atomic mass is 32.1. The Hall–Kier alpha value is -1.43. The van der Waals surface area contributed by atoms with E-state index in [4.69, 9.17) is 0 Å². The van der Waals surface area contributed by atoms with Crippen LogP contribution < -0.4 is 5.32 Å². The van der Waals surface area contributed by atoms with Crippen LogP contribution >= 0.6 is 11.3 Å². The summed E-state index contributed by atoms with van der Waals surface area (Å²) in [7, 11) is 0. The molecule has 0 aromatic carbocycles. The quantitative estimate of drug-likeness (QED) is 0.807. The van der Waals surface area contributed by atoms with Gasteiger partial charge in [-0.1, -0.05) is 0 Å². The standard InChI is InChI=1S/C10H13N3O2S/c1-7-6-16-9(12-7)5-13-3-2-8(14)11-4-10(13)15/h6H,2-5H2,1H3,(H,11,14). The van der Waals surface area contributed by atoms with Crippen LogP contribution in [0.3, 0.4) is 0 Å². The van der Waals surface area contributed by atoms with Gasteiger partial charge in [-0.15, -0.1) is 11.3 Å². The van der Waals surface area contributed by atoms with Crippen molar-refractivity contribution in [3.63, 3.8) is 0 Å². The van der Waals surface area contributed by atoms with Gasteiger partial charge in [-0.25, -0.2) is 4.98 Å². The molecule has 0 radical (unpaired) electrons. The van der Waals surface area contributed by atoms with E-state index in [1.54, 1.807) is 16.2 Å². The number of amides is 2. The molecule has 6 heteroatoms. The molecule has 0 aliphatic carbocycles. The van der Waals surface area contributed by atoms with E-state index >= 15 is 0 Å². The molecule has 1 aliphatic heterocycles. The van der Waals surface area contributed by atoms with E-state index in [1.165, 1.54) is 0 Å². The number of nitrogens with one attached hydrogen (secondary N) is 1. The second kappa shape index (κ2) is 4.61. The van der Waals surface area contributed by atoms with Gasteiger partial charge in [0.2, 0.25) is 11.8 Å². The second-order valence-electron chi connectivity index (χ2n) is 3.72. The van der Waals surface area contributed by atoms with E-state index in [-0.39, 0.29) is 18.4 Å². The van der Waals surface area contributed by atoms with E-state index in [1.807, 2.05) is 12.3 Å². The summed E-state index contributed by atoms with van der Waals surface area (Å²) in [5.41, 5.74) is 0.969. The topological polar surface area (TPSA) is 62.3 Å². The third-order valence-electron chi connectivity index (χ3n) is 2.39. The summed E-state index contributed by atoms with van der Waals surface area (Å²) in [6.45, 7) is 3.01. The van der Waals surface area contributed by atoms with Crippen molar-refractivity contribution in [2.45, 2.75) is 19.9 Å². The molecule has 2 rings (SSSR count). The Morgan fingerprint density at radius 2 is 2.38 bits per heavy atom. The highest BCUT2D eigenvalue weighted by Gasteiger charge is 2.20. The molecule has 1 N–H and O–H groups in total. The van der Waals surface area contributed by atoms with Crippen molar-refractivity contribution in [2.24, 2.45) is 0 Å². The summed E-state index contributed by atoms with van der Waals surface area (Å²) in [4.78, 5) is 28.8. The zero-order valence-electron chi connectivity index (χ0n) is 9.02. The van der Waals surface area contributed by atoms with Crippen LogP contribution in [0, 0.1) is 6.92 Å². The molecule has 1 aromatic rings. The summed E-state index contributed by atoms with van der Waals surface area (Å²) >= 11 is 1.54. The number of rotatable bonds is 2. The maximum Gasteiger partial charge on any atom is 0.242 e. The molecule has 2 heterocycles. The number of hydrogen-bond donors (Lipinski definition) is 1. The molecule has 86 valence electrons. The summed E-state index contributed by atoms with van der Waals surface area (Å²) in [5.74, 6) is -0.107. The molecule has 5 nitrogen and oxygen atoms in total. The molecule has 0 unspecified atom stereocenters. The Kier molecular flexibility index (Phi) is 3.19. The first kappa shape index (κ1) is 11.1. The highest BCUT2D eigenvalue weighted by Crippen LogP contribution is 2.12. The molecule has 0 atom stereocenters. The molecule has 1 aromatic heterocycles. The third kappa shape index (κ3) is 2.57. The maximum atomic E-state index is 11.7. The Morgan fingerprint density at radius 3 is 3.06 bits per heavy atom. The fourth-order valence-electron chi connectivity index (χ4n) is 1.54. The minimum absolute atomic E-state index is 0.0429. The zero-order valence-corrected chi connectivity index (χ0v) is 9.84. The lowest BCUT2D eigenvalue weighted by atomic mass is 10.4. The summed E-state index contributed by atoms with van der Waals surface area (Å²) in [6.07, 6.45) is 0.371. The van der Waals surface area contributed by atoms with Crippen LogP contribution in [0.15, 0.2) is 5.38 Å². The van der Waals surface area contributed by atoms with Crippen molar-refractivity contribution >= 4 is 23.2 Å². The van der Waals surface area contributed by atoms with E-state index in [2.05, 4.69) is 10.3 Å². The maximum absolute atomic E-state index is 11.7. The lowest BCUT2D eigenvalue weighted by molar-refractivity contribution is -0.130. The number of thiazole rings is 1. The number of carbonyl (C=O) groups is 2. The number of nitrogens with zero attached hydrogens (tertiary/aromatic N) is 2. The average Bonchev–Trinajstić information content (AvgIpc) is 2.59. The van der Waals surface area contributed by atoms with E-state index in [0.717, 1.165) is 10.7 Å². The summed E-state index contributed by atoms with van der Waals surface area (Å²) in [6, 6.07) is 0. The molecule has 16 heavy (non-hydrogen) atoms. The minimum Gasteiger partial charge on any atom is -0.347 e. The van der Waals surface area contributed by atoms with Crippen molar-refractivity contribution in [1.29, 1.82) is 0 Å². The van der Waals surface area contributed by atoms with Gasteiger partial charge in [0.15, 0.2) is 0 Å². The number of hydrogen-bond acceptors (Lipinski definition) is 4. The first-order valence-electron chi connectivity index (χ1n) is 5.10. The van der Waals surface area contributed by atoms with Gasteiger partial charge in [-0.05, 0) is 6.92 Å². The predicted octanol–water partition coefficient (Wildman–Crippen LogP) is 0.300. The monoisotopic (exact) mass is 239 g/mol. The van der Waals surface area contributed by atoms with E-state index in [9.17, 15) is 9.59 Å². The Balaban J connectivity index is 2.02. The largest absolute Gasteiger partial charge is 0.347 e. The molecule has 0 saturated carbocycles. The molecule has 0 bridgehead atoms. The average molecular weight is 239 g/mol. The van der Waals surface area contributed by atoms with Crippen molar-refractivity contribution in [3.05, 3.63) is 16.1 Å². The van der Waals surface area contributed by atoms with Gasteiger partial charge < -0.3 is 10.2 Å². The Morgan fingerprint density at radius 1 is 1.56 bits per heavy atom. The van der Waals surface area contributed by atoms with Gasteiger partial charge in [0.05, 0.1) is 13.1 Å².